The van der Waals surface area contributed by atoms with E-state index in [1.807, 2.05) is 42.5 Å². The minimum Gasteiger partial charge on any atom is -0.508 e. The van der Waals surface area contributed by atoms with Gasteiger partial charge in [-0.2, -0.15) is 0 Å². The second-order valence-corrected chi connectivity index (χ2v) is 21.0. The van der Waals surface area contributed by atoms with Gasteiger partial charge in [0.1, 0.15) is 17.2 Å². The molecule has 0 aliphatic carbocycles. The van der Waals surface area contributed by atoms with E-state index in [1.165, 1.54) is 10.4 Å². The molecule has 0 aliphatic heterocycles. The number of aromatic hydroxyl groups is 1. The van der Waals surface area contributed by atoms with Crippen LogP contribution in [0.2, 0.25) is 39.3 Å². The van der Waals surface area contributed by atoms with E-state index in [4.69, 9.17) is 4.74 Å². The molecule has 0 aliphatic rings. The smallest absolute Gasteiger partial charge is 0.133 e. The third-order valence-electron chi connectivity index (χ3n) is 6.02. The van der Waals surface area contributed by atoms with Crippen LogP contribution in [-0.2, 0) is 0 Å². The second-order valence-electron chi connectivity index (χ2n) is 11.0. The molecule has 4 aromatic carbocycles. The highest BCUT2D eigenvalue weighted by atomic mass is 28.3. The Morgan fingerprint density at radius 1 is 0.571 bits per heavy atom. The molecule has 0 atom stereocenters. The largest absolute Gasteiger partial charge is 0.508 e. The average Bonchev–Trinajstić information content (AvgIpc) is 2.79. The molecule has 5 heteroatoms. The maximum absolute atomic E-state index is 10.8. The molecule has 0 spiro atoms. The Kier molecular flexibility index (Phi) is 6.92. The summed E-state index contributed by atoms with van der Waals surface area (Å²) in [6.07, 6.45) is 0. The summed E-state index contributed by atoms with van der Waals surface area (Å²) in [6, 6.07) is 32.6. The number of phenolic OH excluding ortho intramolecular Hbond substituents is 1. The highest BCUT2D eigenvalue weighted by Crippen LogP contribution is 2.39. The zero-order valence-corrected chi connectivity index (χ0v) is 23.5. The number of anilines is 3. The van der Waals surface area contributed by atoms with E-state index in [1.54, 1.807) is 6.07 Å². The predicted molar refractivity (Wildman–Crippen MR) is 155 cm³/mol. The summed E-state index contributed by atoms with van der Waals surface area (Å²) in [5.41, 5.74) is 3.20. The SMILES string of the molecule is C[Si](C)(C)c1ccccc1N(c1cc(O)cc(Oc2ccccc2)c1)c1ccccc1[Si](C)(C)C. The molecule has 0 heterocycles. The van der Waals surface area contributed by atoms with Crippen molar-refractivity contribution >= 4 is 43.6 Å². The van der Waals surface area contributed by atoms with Gasteiger partial charge in [-0.05, 0) is 34.6 Å². The van der Waals surface area contributed by atoms with Crippen LogP contribution >= 0.6 is 0 Å². The summed E-state index contributed by atoms with van der Waals surface area (Å²) >= 11 is 0. The fraction of sp³-hybridized carbons (Fsp3) is 0.200. The van der Waals surface area contributed by atoms with Crippen molar-refractivity contribution in [1.29, 1.82) is 0 Å². The molecule has 1 N–H and O–H groups in total. The van der Waals surface area contributed by atoms with Crippen molar-refractivity contribution in [1.82, 2.24) is 0 Å². The molecule has 0 fully saturated rings. The summed E-state index contributed by atoms with van der Waals surface area (Å²) in [4.78, 5) is 2.32. The first-order chi connectivity index (χ1) is 16.5. The summed E-state index contributed by atoms with van der Waals surface area (Å²) in [7, 11) is -3.36. The zero-order valence-electron chi connectivity index (χ0n) is 21.5. The van der Waals surface area contributed by atoms with Gasteiger partial charge in [-0.15, -0.1) is 0 Å². The van der Waals surface area contributed by atoms with E-state index >= 15 is 0 Å². The molecule has 3 nitrogen and oxygen atoms in total. The number of nitrogens with zero attached hydrogens (tertiary/aromatic N) is 1. The number of benzene rings is 4. The van der Waals surface area contributed by atoms with E-state index in [0.29, 0.717) is 5.75 Å². The monoisotopic (exact) mass is 497 g/mol. The Labute approximate surface area is 211 Å². The summed E-state index contributed by atoms with van der Waals surface area (Å²) in [5.74, 6) is 1.52. The van der Waals surface area contributed by atoms with E-state index in [0.717, 1.165) is 22.8 Å². The first-order valence-electron chi connectivity index (χ1n) is 12.1. The molecule has 4 aromatic rings. The van der Waals surface area contributed by atoms with Crippen LogP contribution in [0.4, 0.5) is 17.1 Å². The third-order valence-corrected chi connectivity index (χ3v) is 10.1. The fourth-order valence-electron chi connectivity index (χ4n) is 4.39. The van der Waals surface area contributed by atoms with Gasteiger partial charge in [0.2, 0.25) is 0 Å². The van der Waals surface area contributed by atoms with Gasteiger partial charge in [0.05, 0.1) is 21.8 Å². The number of rotatable bonds is 7. The second kappa shape index (κ2) is 9.76. The van der Waals surface area contributed by atoms with E-state index < -0.39 is 16.1 Å². The first kappa shape index (κ1) is 24.8. The van der Waals surface area contributed by atoms with Crippen molar-refractivity contribution in [3.63, 3.8) is 0 Å². The fourth-order valence-corrected chi connectivity index (χ4v) is 7.51. The molecule has 180 valence electrons. The number of phenols is 1. The number of hydrogen-bond acceptors (Lipinski definition) is 3. The van der Waals surface area contributed by atoms with Crippen LogP contribution in [0.3, 0.4) is 0 Å². The quantitative estimate of drug-likeness (QED) is 0.265. The molecule has 0 unspecified atom stereocenters. The van der Waals surface area contributed by atoms with E-state index in [9.17, 15) is 5.11 Å². The molecule has 4 rings (SSSR count). The summed E-state index contributed by atoms with van der Waals surface area (Å²) in [6.45, 7) is 14.3. The van der Waals surface area contributed by atoms with Crippen LogP contribution in [-0.4, -0.2) is 21.3 Å². The molecule has 0 bridgehead atoms. The lowest BCUT2D eigenvalue weighted by atomic mass is 10.1. The zero-order chi connectivity index (χ0) is 25.2. The minimum absolute atomic E-state index is 0.175. The van der Waals surface area contributed by atoms with Crippen molar-refractivity contribution in [3.8, 4) is 17.2 Å². The van der Waals surface area contributed by atoms with Crippen molar-refractivity contribution in [2.75, 3.05) is 4.90 Å². The number of hydrogen-bond donors (Lipinski definition) is 1. The molecule has 35 heavy (non-hydrogen) atoms. The van der Waals surface area contributed by atoms with Gasteiger partial charge in [-0.25, -0.2) is 0 Å². The van der Waals surface area contributed by atoms with Gasteiger partial charge in [-0.3, -0.25) is 0 Å². The lowest BCUT2D eigenvalue weighted by molar-refractivity contribution is 0.455. The molecule has 0 saturated carbocycles. The Bertz CT molecular complexity index is 1250. The highest BCUT2D eigenvalue weighted by molar-refractivity contribution is 6.90. The Balaban J connectivity index is 1.97. The van der Waals surface area contributed by atoms with Gasteiger partial charge in [0.15, 0.2) is 0 Å². The normalized spacial score (nSPS) is 11.8. The van der Waals surface area contributed by atoms with Crippen molar-refractivity contribution < 1.29 is 9.84 Å². The maximum atomic E-state index is 10.8. The van der Waals surface area contributed by atoms with Crippen LogP contribution in [0.25, 0.3) is 0 Å². The predicted octanol–water partition coefficient (Wildman–Crippen LogP) is 7.74. The minimum atomic E-state index is -1.68. The Morgan fingerprint density at radius 3 is 1.57 bits per heavy atom. The van der Waals surface area contributed by atoms with Gasteiger partial charge in [0.25, 0.3) is 0 Å². The van der Waals surface area contributed by atoms with Crippen LogP contribution in [0.1, 0.15) is 0 Å². The van der Waals surface area contributed by atoms with Crippen LogP contribution < -0.4 is 20.0 Å². The van der Waals surface area contributed by atoms with Crippen molar-refractivity contribution in [2.24, 2.45) is 0 Å². The highest BCUT2D eigenvalue weighted by Gasteiger charge is 2.29. The Morgan fingerprint density at radius 2 is 1.06 bits per heavy atom. The van der Waals surface area contributed by atoms with E-state index in [-0.39, 0.29) is 5.75 Å². The lowest BCUT2D eigenvalue weighted by Crippen LogP contribution is -2.43. The van der Waals surface area contributed by atoms with Crippen LogP contribution in [0.5, 0.6) is 17.2 Å². The molecule has 0 aromatic heterocycles. The van der Waals surface area contributed by atoms with E-state index in [2.05, 4.69) is 92.7 Å². The van der Waals surface area contributed by atoms with Crippen LogP contribution in [0, 0.1) is 0 Å². The number of ether oxygens (including phenoxy) is 1. The standard InChI is InChI=1S/C30H35NO2Si2/c1-34(2,3)29-18-12-10-16-27(29)31(28-17-11-13-19-30(28)35(4,5)6)23-20-24(32)22-26(21-23)33-25-14-8-7-9-15-25/h7-22,32H,1-6H3. The van der Waals surface area contributed by atoms with Gasteiger partial charge < -0.3 is 14.7 Å². The molecule has 0 amide bonds. The van der Waals surface area contributed by atoms with Gasteiger partial charge >= 0.3 is 0 Å². The third kappa shape index (κ3) is 5.69. The maximum Gasteiger partial charge on any atom is 0.133 e. The molecule has 0 saturated heterocycles. The van der Waals surface area contributed by atoms with Gasteiger partial charge in [-0.1, -0.05) is 93.9 Å². The van der Waals surface area contributed by atoms with Gasteiger partial charge in [0, 0.05) is 29.6 Å². The first-order valence-corrected chi connectivity index (χ1v) is 19.1. The Hall–Kier alpha value is -3.29. The topological polar surface area (TPSA) is 32.7 Å². The van der Waals surface area contributed by atoms with Crippen molar-refractivity contribution in [3.05, 3.63) is 97.1 Å². The summed E-state index contributed by atoms with van der Waals surface area (Å²) in [5, 5.41) is 13.5. The molecular formula is C30H35NO2Si2. The average molecular weight is 498 g/mol. The summed E-state index contributed by atoms with van der Waals surface area (Å²) < 4.78 is 6.15. The molecule has 0 radical (unpaired) electrons. The van der Waals surface area contributed by atoms with Crippen molar-refractivity contribution in [2.45, 2.75) is 39.3 Å². The lowest BCUT2D eigenvalue weighted by Gasteiger charge is -2.34. The molecular weight excluding hydrogens is 463 g/mol. The number of para-hydroxylation sites is 3. The van der Waals surface area contributed by atoms with Crippen LogP contribution in [0.15, 0.2) is 97.1 Å².